The minimum absolute atomic E-state index is 0.629. The number of hydrogen-bond donors (Lipinski definition) is 1. The van der Waals surface area contributed by atoms with Crippen LogP contribution in [0.4, 0.5) is 5.82 Å². The van der Waals surface area contributed by atoms with E-state index >= 15 is 0 Å². The van der Waals surface area contributed by atoms with Crippen molar-refractivity contribution in [3.05, 3.63) is 12.4 Å². The second-order valence-electron chi connectivity index (χ2n) is 3.72. The second kappa shape index (κ2) is 7.84. The smallest absolute Gasteiger partial charge is 0.218 e. The van der Waals surface area contributed by atoms with Crippen LogP contribution in [-0.2, 0) is 0 Å². The lowest BCUT2D eigenvalue weighted by molar-refractivity contribution is 0.244. The summed E-state index contributed by atoms with van der Waals surface area (Å²) in [5.74, 6) is 1.41. The first-order chi connectivity index (χ1) is 8.30. The van der Waals surface area contributed by atoms with Gasteiger partial charge >= 0.3 is 0 Å². The highest BCUT2D eigenvalue weighted by Crippen LogP contribution is 2.10. The molecule has 1 rings (SSSR count). The molecular formula is C12H22N4O. The van der Waals surface area contributed by atoms with Gasteiger partial charge in [-0.2, -0.15) is 0 Å². The predicted molar refractivity (Wildman–Crippen MR) is 69.5 cm³/mol. The van der Waals surface area contributed by atoms with E-state index in [1.165, 1.54) is 6.33 Å². The lowest BCUT2D eigenvalue weighted by Crippen LogP contribution is -2.25. The van der Waals surface area contributed by atoms with Gasteiger partial charge in [0.1, 0.15) is 12.1 Å². The molecule has 0 spiro atoms. The van der Waals surface area contributed by atoms with Crippen LogP contribution in [0.1, 0.15) is 20.3 Å². The predicted octanol–water partition coefficient (Wildman–Crippen LogP) is 1.63. The van der Waals surface area contributed by atoms with Crippen molar-refractivity contribution in [2.24, 2.45) is 0 Å². The van der Waals surface area contributed by atoms with Crippen molar-refractivity contribution in [1.82, 2.24) is 14.9 Å². The van der Waals surface area contributed by atoms with Crippen LogP contribution in [0.15, 0.2) is 12.4 Å². The summed E-state index contributed by atoms with van der Waals surface area (Å²) in [5.41, 5.74) is 0. The summed E-state index contributed by atoms with van der Waals surface area (Å²) < 4.78 is 5.57. The average Bonchev–Trinajstić information content (AvgIpc) is 2.39. The standard InChI is InChI=1S/C12H22N4O/c1-4-16(5-2)7-6-8-17-12-9-11(13-3)14-10-15-12/h9-10H,4-8H2,1-3H3,(H,13,14,15). The SMILES string of the molecule is CCN(CC)CCCOc1cc(NC)ncn1. The number of nitrogens with one attached hydrogen (secondary N) is 1. The van der Waals surface area contributed by atoms with Crippen LogP contribution in [0.25, 0.3) is 0 Å². The lowest BCUT2D eigenvalue weighted by Gasteiger charge is -2.17. The van der Waals surface area contributed by atoms with Gasteiger partial charge in [-0.1, -0.05) is 13.8 Å². The third-order valence-electron chi connectivity index (χ3n) is 2.66. The normalized spacial score (nSPS) is 10.6. The molecule has 0 saturated heterocycles. The van der Waals surface area contributed by atoms with Crippen LogP contribution in [0.2, 0.25) is 0 Å². The van der Waals surface area contributed by atoms with Crippen molar-refractivity contribution < 1.29 is 4.74 Å². The highest BCUT2D eigenvalue weighted by Gasteiger charge is 2.00. The van der Waals surface area contributed by atoms with E-state index in [-0.39, 0.29) is 0 Å². The molecule has 5 heteroatoms. The fourth-order valence-electron chi connectivity index (χ4n) is 1.56. The van der Waals surface area contributed by atoms with Gasteiger partial charge in [0, 0.05) is 19.7 Å². The van der Waals surface area contributed by atoms with E-state index in [1.54, 1.807) is 6.07 Å². The van der Waals surface area contributed by atoms with Crippen LogP contribution in [0, 0.1) is 0 Å². The molecule has 0 aliphatic rings. The van der Waals surface area contributed by atoms with Crippen LogP contribution in [0.3, 0.4) is 0 Å². The van der Waals surface area contributed by atoms with Crippen LogP contribution < -0.4 is 10.1 Å². The monoisotopic (exact) mass is 238 g/mol. The molecule has 0 fully saturated rings. The Morgan fingerprint density at radius 3 is 2.71 bits per heavy atom. The van der Waals surface area contributed by atoms with Crippen molar-refractivity contribution >= 4 is 5.82 Å². The Labute approximate surface area is 103 Å². The van der Waals surface area contributed by atoms with E-state index < -0.39 is 0 Å². The zero-order valence-electron chi connectivity index (χ0n) is 10.9. The molecule has 5 nitrogen and oxygen atoms in total. The van der Waals surface area contributed by atoms with E-state index in [1.807, 2.05) is 7.05 Å². The number of aromatic nitrogens is 2. The second-order valence-corrected chi connectivity index (χ2v) is 3.72. The Morgan fingerprint density at radius 1 is 1.29 bits per heavy atom. The van der Waals surface area contributed by atoms with E-state index in [4.69, 9.17) is 4.74 Å². The highest BCUT2D eigenvalue weighted by molar-refractivity contribution is 5.35. The Bertz CT molecular complexity index is 315. The van der Waals surface area contributed by atoms with Gasteiger partial charge < -0.3 is 15.0 Å². The van der Waals surface area contributed by atoms with Crippen molar-refractivity contribution in [1.29, 1.82) is 0 Å². The zero-order chi connectivity index (χ0) is 12.5. The molecule has 0 aliphatic heterocycles. The molecule has 1 aromatic heterocycles. The summed E-state index contributed by atoms with van der Waals surface area (Å²) in [6.07, 6.45) is 2.52. The van der Waals surface area contributed by atoms with Gasteiger partial charge in [0.25, 0.3) is 0 Å². The van der Waals surface area contributed by atoms with Crippen molar-refractivity contribution in [2.75, 3.05) is 38.6 Å². The highest BCUT2D eigenvalue weighted by atomic mass is 16.5. The minimum atomic E-state index is 0.629. The number of anilines is 1. The fourth-order valence-corrected chi connectivity index (χ4v) is 1.56. The molecule has 0 aromatic carbocycles. The van der Waals surface area contributed by atoms with E-state index in [0.29, 0.717) is 12.5 Å². The Balaban J connectivity index is 2.26. The maximum Gasteiger partial charge on any atom is 0.218 e. The zero-order valence-corrected chi connectivity index (χ0v) is 10.9. The molecule has 1 heterocycles. The Hall–Kier alpha value is -1.36. The third-order valence-corrected chi connectivity index (χ3v) is 2.66. The quantitative estimate of drug-likeness (QED) is 0.698. The molecule has 0 amide bonds. The largest absolute Gasteiger partial charge is 0.477 e. The molecule has 1 aromatic rings. The molecule has 0 aliphatic carbocycles. The summed E-state index contributed by atoms with van der Waals surface area (Å²) in [7, 11) is 1.83. The number of ether oxygens (including phenoxy) is 1. The first-order valence-corrected chi connectivity index (χ1v) is 6.15. The minimum Gasteiger partial charge on any atom is -0.477 e. The van der Waals surface area contributed by atoms with E-state index in [2.05, 4.69) is 34.0 Å². The number of rotatable bonds is 8. The van der Waals surface area contributed by atoms with Gasteiger partial charge in [-0.3, -0.25) is 0 Å². The van der Waals surface area contributed by atoms with Crippen molar-refractivity contribution in [2.45, 2.75) is 20.3 Å². The Kier molecular flexibility index (Phi) is 6.32. The summed E-state index contributed by atoms with van der Waals surface area (Å²) in [5, 5.41) is 2.95. The third kappa shape index (κ3) is 4.99. The van der Waals surface area contributed by atoms with Crippen molar-refractivity contribution in [3.8, 4) is 5.88 Å². The summed E-state index contributed by atoms with van der Waals surface area (Å²) in [4.78, 5) is 10.5. The van der Waals surface area contributed by atoms with Crippen LogP contribution in [0.5, 0.6) is 5.88 Å². The van der Waals surface area contributed by atoms with Gasteiger partial charge in [-0.25, -0.2) is 9.97 Å². The van der Waals surface area contributed by atoms with Gasteiger partial charge in [-0.05, 0) is 19.5 Å². The molecule has 0 bridgehead atoms. The van der Waals surface area contributed by atoms with Crippen LogP contribution in [-0.4, -0.2) is 48.2 Å². The van der Waals surface area contributed by atoms with Gasteiger partial charge in [0.15, 0.2) is 0 Å². The molecular weight excluding hydrogens is 216 g/mol. The molecule has 96 valence electrons. The molecule has 0 unspecified atom stereocenters. The summed E-state index contributed by atoms with van der Waals surface area (Å²) >= 11 is 0. The van der Waals surface area contributed by atoms with Gasteiger partial charge in [0.2, 0.25) is 5.88 Å². The first kappa shape index (κ1) is 13.7. The number of nitrogens with zero attached hydrogens (tertiary/aromatic N) is 3. The molecule has 0 atom stereocenters. The summed E-state index contributed by atoms with van der Waals surface area (Å²) in [6, 6.07) is 1.80. The lowest BCUT2D eigenvalue weighted by atomic mass is 10.4. The molecule has 0 radical (unpaired) electrons. The van der Waals surface area contributed by atoms with Crippen molar-refractivity contribution in [3.63, 3.8) is 0 Å². The van der Waals surface area contributed by atoms with E-state index in [0.717, 1.165) is 31.9 Å². The molecule has 0 saturated carbocycles. The number of hydrogen-bond acceptors (Lipinski definition) is 5. The van der Waals surface area contributed by atoms with Gasteiger partial charge in [-0.15, -0.1) is 0 Å². The topological polar surface area (TPSA) is 50.3 Å². The average molecular weight is 238 g/mol. The van der Waals surface area contributed by atoms with E-state index in [9.17, 15) is 0 Å². The first-order valence-electron chi connectivity index (χ1n) is 6.15. The maximum atomic E-state index is 5.57. The molecule has 1 N–H and O–H groups in total. The van der Waals surface area contributed by atoms with Gasteiger partial charge in [0.05, 0.1) is 6.61 Å². The molecule has 17 heavy (non-hydrogen) atoms. The Morgan fingerprint density at radius 2 is 2.06 bits per heavy atom. The maximum absolute atomic E-state index is 5.57. The summed E-state index contributed by atoms with van der Waals surface area (Å²) in [6.45, 7) is 8.29. The van der Waals surface area contributed by atoms with Crippen LogP contribution >= 0.6 is 0 Å². The fraction of sp³-hybridized carbons (Fsp3) is 0.667.